The van der Waals surface area contributed by atoms with Crippen LogP contribution in [0.25, 0.3) is 0 Å². The van der Waals surface area contributed by atoms with Crippen molar-refractivity contribution < 1.29 is 13.9 Å². The Bertz CT molecular complexity index is 468. The van der Waals surface area contributed by atoms with Gasteiger partial charge in [-0.15, -0.1) is 11.8 Å². The molecule has 0 spiro atoms. The lowest BCUT2D eigenvalue weighted by molar-refractivity contribution is -0.143. The van der Waals surface area contributed by atoms with E-state index in [4.69, 9.17) is 22.1 Å². The highest BCUT2D eigenvalue weighted by Crippen LogP contribution is 2.36. The highest BCUT2D eigenvalue weighted by Gasteiger charge is 2.26. The standard InChI is InChI=1S/C13H17ClFNO2S/c1-4-18-13(17)12(7(2)3)19-11-6-10(16)9(15)5-8(11)14/h5-7,12H,4,16H2,1-3H3. The summed E-state index contributed by atoms with van der Waals surface area (Å²) in [7, 11) is 0. The monoisotopic (exact) mass is 305 g/mol. The second kappa shape index (κ2) is 7.01. The van der Waals surface area contributed by atoms with Crippen LogP contribution >= 0.6 is 23.4 Å². The molecule has 0 aliphatic carbocycles. The van der Waals surface area contributed by atoms with Crippen molar-refractivity contribution in [1.29, 1.82) is 0 Å². The quantitative estimate of drug-likeness (QED) is 0.511. The van der Waals surface area contributed by atoms with Gasteiger partial charge in [-0.1, -0.05) is 25.4 Å². The lowest BCUT2D eigenvalue weighted by Gasteiger charge is -2.19. The zero-order valence-electron chi connectivity index (χ0n) is 11.1. The van der Waals surface area contributed by atoms with Crippen LogP contribution < -0.4 is 5.73 Å². The molecule has 0 heterocycles. The van der Waals surface area contributed by atoms with Crippen molar-refractivity contribution in [2.45, 2.75) is 30.9 Å². The zero-order chi connectivity index (χ0) is 14.6. The Morgan fingerprint density at radius 2 is 2.16 bits per heavy atom. The first-order valence-corrected chi connectivity index (χ1v) is 7.20. The van der Waals surface area contributed by atoms with E-state index in [1.165, 1.54) is 17.8 Å². The minimum Gasteiger partial charge on any atom is -0.465 e. The molecule has 1 atom stereocenters. The fourth-order valence-electron chi connectivity index (χ4n) is 1.45. The normalized spacial score (nSPS) is 12.5. The van der Waals surface area contributed by atoms with E-state index in [0.717, 1.165) is 6.07 Å². The Balaban J connectivity index is 2.97. The molecule has 0 radical (unpaired) electrons. The van der Waals surface area contributed by atoms with E-state index < -0.39 is 11.1 Å². The number of carbonyl (C=O) groups is 1. The van der Waals surface area contributed by atoms with Crippen molar-refractivity contribution in [3.8, 4) is 0 Å². The van der Waals surface area contributed by atoms with E-state index in [0.29, 0.717) is 11.5 Å². The third-order valence-corrected chi connectivity index (χ3v) is 4.44. The van der Waals surface area contributed by atoms with Crippen molar-refractivity contribution in [1.82, 2.24) is 0 Å². The minimum absolute atomic E-state index is 0.0123. The largest absolute Gasteiger partial charge is 0.465 e. The zero-order valence-corrected chi connectivity index (χ0v) is 12.6. The number of benzene rings is 1. The summed E-state index contributed by atoms with van der Waals surface area (Å²) < 4.78 is 18.2. The maximum absolute atomic E-state index is 13.2. The number of nitrogen functional groups attached to an aromatic ring is 1. The molecule has 1 aromatic rings. The minimum atomic E-state index is -0.563. The van der Waals surface area contributed by atoms with Gasteiger partial charge in [-0.25, -0.2) is 4.39 Å². The molecule has 3 nitrogen and oxygen atoms in total. The van der Waals surface area contributed by atoms with Gasteiger partial charge in [0.1, 0.15) is 11.1 Å². The van der Waals surface area contributed by atoms with Gasteiger partial charge in [0.2, 0.25) is 0 Å². The van der Waals surface area contributed by atoms with E-state index in [1.54, 1.807) is 6.92 Å². The molecule has 1 unspecified atom stereocenters. The summed E-state index contributed by atoms with van der Waals surface area (Å²) in [5, 5.41) is -0.158. The number of halogens is 2. The SMILES string of the molecule is CCOC(=O)C(Sc1cc(N)c(F)cc1Cl)C(C)C. The highest BCUT2D eigenvalue weighted by molar-refractivity contribution is 8.00. The molecule has 6 heteroatoms. The summed E-state index contributed by atoms with van der Waals surface area (Å²) in [6.45, 7) is 5.90. The van der Waals surface area contributed by atoms with Crippen LogP contribution in [0, 0.1) is 11.7 Å². The topological polar surface area (TPSA) is 52.3 Å². The Morgan fingerprint density at radius 1 is 1.53 bits per heavy atom. The van der Waals surface area contributed by atoms with Crippen LogP contribution in [0.15, 0.2) is 17.0 Å². The number of carbonyl (C=O) groups excluding carboxylic acids is 1. The van der Waals surface area contributed by atoms with Crippen molar-refractivity contribution >= 4 is 35.0 Å². The fourth-order valence-corrected chi connectivity index (χ4v) is 2.81. The molecule has 0 bridgehead atoms. The summed E-state index contributed by atoms with van der Waals surface area (Å²) in [5.74, 6) is -0.806. The number of esters is 1. The lowest BCUT2D eigenvalue weighted by atomic mass is 10.1. The number of rotatable bonds is 5. The van der Waals surface area contributed by atoms with Gasteiger partial charge in [0.15, 0.2) is 0 Å². The number of thioether (sulfide) groups is 1. The van der Waals surface area contributed by atoms with Gasteiger partial charge in [-0.2, -0.15) is 0 Å². The number of hydrogen-bond donors (Lipinski definition) is 1. The van der Waals surface area contributed by atoms with Crippen molar-refractivity contribution in [3.05, 3.63) is 23.0 Å². The molecule has 2 N–H and O–H groups in total. The van der Waals surface area contributed by atoms with Crippen molar-refractivity contribution in [2.24, 2.45) is 5.92 Å². The molecule has 0 saturated carbocycles. The van der Waals surface area contributed by atoms with Gasteiger partial charge in [-0.3, -0.25) is 4.79 Å². The van der Waals surface area contributed by atoms with Crippen LogP contribution in [0.2, 0.25) is 5.02 Å². The summed E-state index contributed by atoms with van der Waals surface area (Å²) in [6.07, 6.45) is 0. The molecule has 0 fully saturated rings. The average molecular weight is 306 g/mol. The number of nitrogens with two attached hydrogens (primary N) is 1. The Morgan fingerprint density at radius 3 is 2.68 bits per heavy atom. The predicted molar refractivity (Wildman–Crippen MR) is 76.9 cm³/mol. The van der Waals surface area contributed by atoms with Crippen LogP contribution in [0.5, 0.6) is 0 Å². The lowest BCUT2D eigenvalue weighted by Crippen LogP contribution is -2.25. The first-order valence-electron chi connectivity index (χ1n) is 5.94. The second-order valence-corrected chi connectivity index (χ2v) is 5.93. The molecule has 0 saturated heterocycles. The molecule has 106 valence electrons. The molecule has 1 rings (SSSR count). The molecule has 0 amide bonds. The molecule has 0 aliphatic rings. The summed E-state index contributed by atoms with van der Waals surface area (Å²) >= 11 is 7.20. The van der Waals surface area contributed by atoms with Crippen LogP contribution in [0.1, 0.15) is 20.8 Å². The third kappa shape index (κ3) is 4.28. The van der Waals surface area contributed by atoms with E-state index in [1.807, 2.05) is 13.8 Å². The van der Waals surface area contributed by atoms with E-state index >= 15 is 0 Å². The Labute approximate surface area is 121 Å². The van der Waals surface area contributed by atoms with Crippen molar-refractivity contribution in [2.75, 3.05) is 12.3 Å². The maximum atomic E-state index is 13.2. The summed E-state index contributed by atoms with van der Waals surface area (Å²) in [5.41, 5.74) is 5.53. The average Bonchev–Trinajstić information content (AvgIpc) is 2.31. The summed E-state index contributed by atoms with van der Waals surface area (Å²) in [4.78, 5) is 12.4. The molecule has 0 aromatic heterocycles. The second-order valence-electron chi connectivity index (χ2n) is 4.34. The van der Waals surface area contributed by atoms with Gasteiger partial charge in [-0.05, 0) is 25.0 Å². The van der Waals surface area contributed by atoms with Gasteiger partial charge in [0, 0.05) is 4.90 Å². The first kappa shape index (κ1) is 16.1. The summed E-state index contributed by atoms with van der Waals surface area (Å²) in [6, 6.07) is 2.60. The molecule has 1 aromatic carbocycles. The van der Waals surface area contributed by atoms with E-state index in [9.17, 15) is 9.18 Å². The number of hydrogen-bond acceptors (Lipinski definition) is 4. The van der Waals surface area contributed by atoms with Crippen LogP contribution in [-0.2, 0) is 9.53 Å². The van der Waals surface area contributed by atoms with Crippen molar-refractivity contribution in [3.63, 3.8) is 0 Å². The Hall–Kier alpha value is -0.940. The van der Waals surface area contributed by atoms with E-state index in [2.05, 4.69) is 0 Å². The predicted octanol–water partition coefficient (Wildman–Crippen LogP) is 3.74. The Kier molecular flexibility index (Phi) is 5.94. The maximum Gasteiger partial charge on any atom is 0.319 e. The van der Waals surface area contributed by atoms with Gasteiger partial charge in [0.05, 0.1) is 17.3 Å². The van der Waals surface area contributed by atoms with Gasteiger partial charge >= 0.3 is 5.97 Å². The molecular formula is C13H17ClFNO2S. The van der Waals surface area contributed by atoms with Gasteiger partial charge in [0.25, 0.3) is 0 Å². The molecule has 0 aliphatic heterocycles. The van der Waals surface area contributed by atoms with Crippen LogP contribution in [0.4, 0.5) is 10.1 Å². The number of anilines is 1. The van der Waals surface area contributed by atoms with Crippen LogP contribution in [0.3, 0.4) is 0 Å². The highest BCUT2D eigenvalue weighted by atomic mass is 35.5. The number of ether oxygens (including phenoxy) is 1. The smallest absolute Gasteiger partial charge is 0.319 e. The van der Waals surface area contributed by atoms with Gasteiger partial charge < -0.3 is 10.5 Å². The molecule has 19 heavy (non-hydrogen) atoms. The molecular weight excluding hydrogens is 289 g/mol. The van der Waals surface area contributed by atoms with Crippen LogP contribution in [-0.4, -0.2) is 17.8 Å². The first-order chi connectivity index (χ1) is 8.86. The third-order valence-electron chi connectivity index (χ3n) is 2.43. The van der Waals surface area contributed by atoms with E-state index in [-0.39, 0.29) is 22.6 Å². The fraction of sp³-hybridized carbons (Fsp3) is 0.462.